The summed E-state index contributed by atoms with van der Waals surface area (Å²) < 4.78 is 0. The molecule has 0 heterocycles. The highest BCUT2D eigenvalue weighted by Crippen LogP contribution is 2.10. The summed E-state index contributed by atoms with van der Waals surface area (Å²) >= 11 is 0. The molecule has 96 valence electrons. The van der Waals surface area contributed by atoms with E-state index < -0.39 is 18.8 Å². The van der Waals surface area contributed by atoms with Gasteiger partial charge in [0.25, 0.3) is 0 Å². The Kier molecular flexibility index (Phi) is 8.19. The number of aliphatic hydroxyl groups excluding tert-OH is 4. The molecule has 0 bridgehead atoms. The van der Waals surface area contributed by atoms with Gasteiger partial charge in [-0.25, -0.2) is 0 Å². The van der Waals surface area contributed by atoms with Crippen LogP contribution in [0.2, 0.25) is 0 Å². The third-order valence-corrected chi connectivity index (χ3v) is 2.35. The molecule has 0 aliphatic rings. The molecular weight excluding hydrogens is 210 g/mol. The van der Waals surface area contributed by atoms with Gasteiger partial charge in [-0.05, 0) is 19.9 Å². The third kappa shape index (κ3) is 5.46. The van der Waals surface area contributed by atoms with Crippen LogP contribution < -0.4 is 5.32 Å². The van der Waals surface area contributed by atoms with Crippen molar-refractivity contribution in [2.45, 2.75) is 38.9 Å². The average Bonchev–Trinajstić information content (AvgIpc) is 2.25. The van der Waals surface area contributed by atoms with Gasteiger partial charge in [0.05, 0.1) is 19.3 Å². The predicted octanol–water partition coefficient (Wildman–Crippen LogP) is -0.0778. The lowest BCUT2D eigenvalue weighted by Gasteiger charge is -2.18. The quantitative estimate of drug-likeness (QED) is 0.299. The molecule has 5 nitrogen and oxygen atoms in total. The number of unbranched alkanes of at least 4 members (excludes halogenated alkanes) is 1. The van der Waals surface area contributed by atoms with E-state index in [1.807, 2.05) is 0 Å². The number of aliphatic hydroxyl groups is 4. The van der Waals surface area contributed by atoms with E-state index in [4.69, 9.17) is 10.2 Å². The lowest BCUT2D eigenvalue weighted by atomic mass is 10.0. The smallest absolute Gasteiger partial charge is 0.110 e. The van der Waals surface area contributed by atoms with E-state index in [0.717, 1.165) is 19.4 Å². The van der Waals surface area contributed by atoms with E-state index in [1.54, 1.807) is 0 Å². The standard InChI is InChI=1S/C11H23NO4/c1-3-4-5-12-6-10(15)9(7-13)11(16)8(2)14/h8,11-16H,3-7H2,1-2H3/b10-9+. The Bertz CT molecular complexity index is 216. The Morgan fingerprint density at radius 1 is 1.31 bits per heavy atom. The van der Waals surface area contributed by atoms with Gasteiger partial charge < -0.3 is 25.7 Å². The van der Waals surface area contributed by atoms with Crippen molar-refractivity contribution in [3.8, 4) is 0 Å². The monoisotopic (exact) mass is 233 g/mol. The minimum atomic E-state index is -1.22. The van der Waals surface area contributed by atoms with Gasteiger partial charge in [-0.3, -0.25) is 0 Å². The Hall–Kier alpha value is -0.620. The summed E-state index contributed by atoms with van der Waals surface area (Å²) in [5, 5.41) is 40.3. The molecule has 0 aliphatic heterocycles. The first-order valence-electron chi connectivity index (χ1n) is 5.63. The molecule has 0 aromatic carbocycles. The molecule has 0 aliphatic carbocycles. The fraction of sp³-hybridized carbons (Fsp3) is 0.818. The molecule has 16 heavy (non-hydrogen) atoms. The minimum absolute atomic E-state index is 0.0685. The summed E-state index contributed by atoms with van der Waals surface area (Å²) in [5.41, 5.74) is 0.0685. The first kappa shape index (κ1) is 15.4. The van der Waals surface area contributed by atoms with Crippen molar-refractivity contribution in [2.75, 3.05) is 19.7 Å². The van der Waals surface area contributed by atoms with Crippen LogP contribution in [0, 0.1) is 0 Å². The zero-order valence-electron chi connectivity index (χ0n) is 9.98. The average molecular weight is 233 g/mol. The van der Waals surface area contributed by atoms with Gasteiger partial charge in [0.2, 0.25) is 0 Å². The highest BCUT2D eigenvalue weighted by molar-refractivity contribution is 5.15. The van der Waals surface area contributed by atoms with Crippen molar-refractivity contribution < 1.29 is 20.4 Å². The molecule has 0 rings (SSSR count). The largest absolute Gasteiger partial charge is 0.511 e. The molecule has 0 spiro atoms. The Labute approximate surface area is 96.4 Å². The summed E-state index contributed by atoms with van der Waals surface area (Å²) in [6.07, 6.45) is -0.181. The van der Waals surface area contributed by atoms with Gasteiger partial charge in [0.1, 0.15) is 11.9 Å². The van der Waals surface area contributed by atoms with Crippen LogP contribution in [0.4, 0.5) is 0 Å². The molecule has 0 saturated heterocycles. The van der Waals surface area contributed by atoms with Crippen molar-refractivity contribution in [3.05, 3.63) is 11.3 Å². The summed E-state index contributed by atoms with van der Waals surface area (Å²) in [5.74, 6) is -0.105. The summed E-state index contributed by atoms with van der Waals surface area (Å²) in [6.45, 7) is 3.96. The second-order valence-electron chi connectivity index (χ2n) is 3.85. The number of rotatable bonds is 8. The van der Waals surface area contributed by atoms with E-state index in [-0.39, 0.29) is 17.9 Å². The van der Waals surface area contributed by atoms with Crippen LogP contribution in [0.15, 0.2) is 11.3 Å². The van der Waals surface area contributed by atoms with Gasteiger partial charge >= 0.3 is 0 Å². The summed E-state index contributed by atoms with van der Waals surface area (Å²) in [4.78, 5) is 0. The van der Waals surface area contributed by atoms with Gasteiger partial charge in [0, 0.05) is 5.57 Å². The van der Waals surface area contributed by atoms with Crippen LogP contribution in [0.3, 0.4) is 0 Å². The number of nitrogens with one attached hydrogen (secondary N) is 1. The summed E-state index contributed by atoms with van der Waals surface area (Å²) in [7, 11) is 0. The van der Waals surface area contributed by atoms with Gasteiger partial charge in [-0.1, -0.05) is 13.3 Å². The van der Waals surface area contributed by atoms with Crippen LogP contribution in [-0.4, -0.2) is 52.3 Å². The summed E-state index contributed by atoms with van der Waals surface area (Å²) in [6, 6.07) is 0. The maximum absolute atomic E-state index is 9.61. The fourth-order valence-electron chi connectivity index (χ4n) is 1.27. The molecule has 0 aromatic heterocycles. The highest BCUT2D eigenvalue weighted by atomic mass is 16.3. The molecular formula is C11H23NO4. The molecule has 0 amide bonds. The van der Waals surface area contributed by atoms with Crippen molar-refractivity contribution in [1.29, 1.82) is 0 Å². The molecule has 5 N–H and O–H groups in total. The van der Waals surface area contributed by atoms with E-state index in [2.05, 4.69) is 12.2 Å². The van der Waals surface area contributed by atoms with E-state index in [1.165, 1.54) is 6.92 Å². The molecule has 0 aromatic rings. The maximum atomic E-state index is 9.61. The second kappa shape index (κ2) is 8.52. The Balaban J connectivity index is 4.26. The lowest BCUT2D eigenvalue weighted by Crippen LogP contribution is -2.30. The van der Waals surface area contributed by atoms with Crippen molar-refractivity contribution in [2.24, 2.45) is 0 Å². The van der Waals surface area contributed by atoms with Crippen LogP contribution in [0.1, 0.15) is 26.7 Å². The molecule has 0 fully saturated rings. The highest BCUT2D eigenvalue weighted by Gasteiger charge is 2.19. The molecule has 2 atom stereocenters. The van der Waals surface area contributed by atoms with E-state index in [9.17, 15) is 10.2 Å². The van der Waals surface area contributed by atoms with E-state index >= 15 is 0 Å². The van der Waals surface area contributed by atoms with Crippen LogP contribution >= 0.6 is 0 Å². The topological polar surface area (TPSA) is 93.0 Å². The Morgan fingerprint density at radius 3 is 2.38 bits per heavy atom. The maximum Gasteiger partial charge on any atom is 0.110 e. The zero-order chi connectivity index (χ0) is 12.6. The van der Waals surface area contributed by atoms with Crippen LogP contribution in [-0.2, 0) is 0 Å². The van der Waals surface area contributed by atoms with Gasteiger partial charge in [-0.2, -0.15) is 0 Å². The van der Waals surface area contributed by atoms with Crippen molar-refractivity contribution in [3.63, 3.8) is 0 Å². The SMILES string of the molecule is CCCCNC/C(O)=C(/CO)C(O)C(C)O. The fourth-order valence-corrected chi connectivity index (χ4v) is 1.27. The van der Waals surface area contributed by atoms with Crippen molar-refractivity contribution >= 4 is 0 Å². The third-order valence-electron chi connectivity index (χ3n) is 2.35. The molecule has 0 saturated carbocycles. The Morgan fingerprint density at radius 2 is 1.94 bits per heavy atom. The molecule has 0 radical (unpaired) electrons. The minimum Gasteiger partial charge on any atom is -0.511 e. The first-order chi connectivity index (χ1) is 7.54. The predicted molar refractivity (Wildman–Crippen MR) is 62.2 cm³/mol. The zero-order valence-corrected chi connectivity index (χ0v) is 9.98. The number of hydrogen-bond acceptors (Lipinski definition) is 5. The first-order valence-corrected chi connectivity index (χ1v) is 5.63. The lowest BCUT2D eigenvalue weighted by molar-refractivity contribution is 0.0444. The second-order valence-corrected chi connectivity index (χ2v) is 3.85. The molecule has 5 heteroatoms. The van der Waals surface area contributed by atoms with Gasteiger partial charge in [-0.15, -0.1) is 0 Å². The number of hydrogen-bond donors (Lipinski definition) is 5. The van der Waals surface area contributed by atoms with Crippen LogP contribution in [0.5, 0.6) is 0 Å². The van der Waals surface area contributed by atoms with Crippen LogP contribution in [0.25, 0.3) is 0 Å². The van der Waals surface area contributed by atoms with E-state index in [0.29, 0.717) is 0 Å². The molecule has 2 unspecified atom stereocenters. The van der Waals surface area contributed by atoms with Gasteiger partial charge in [0.15, 0.2) is 0 Å². The normalized spacial score (nSPS) is 16.8. The van der Waals surface area contributed by atoms with Crippen molar-refractivity contribution in [1.82, 2.24) is 5.32 Å².